The number of hydrogen-bond acceptors (Lipinski definition) is 4. The topological polar surface area (TPSA) is 115 Å². The first-order chi connectivity index (χ1) is 16.9. The van der Waals surface area contributed by atoms with Gasteiger partial charge in [-0.15, -0.1) is 0 Å². The van der Waals surface area contributed by atoms with Crippen molar-refractivity contribution in [2.75, 3.05) is 11.4 Å². The van der Waals surface area contributed by atoms with Crippen LogP contribution in [0.1, 0.15) is 18.2 Å². The fourth-order valence-corrected chi connectivity index (χ4v) is 4.10. The summed E-state index contributed by atoms with van der Waals surface area (Å²) in [4.78, 5) is 31.8. The standard InChI is InChI=1S/C25H19F2N5O3/c1-2-32(25(34)35)24-28-20-8-7-13(10-22(20)29-24)17-9-14(18(26)12-19(17)27)11-21-15-5-3-4-6-16(15)23(33)31-30-21/h3-10,12H,2,11H2,1H3,(H,28,29)(H,31,33)(H,34,35). The molecule has 0 aliphatic carbocycles. The van der Waals surface area contributed by atoms with Crippen molar-refractivity contribution >= 4 is 33.8 Å². The lowest BCUT2D eigenvalue weighted by Gasteiger charge is -2.12. The van der Waals surface area contributed by atoms with E-state index in [1.165, 1.54) is 6.07 Å². The molecule has 5 rings (SSSR count). The maximum Gasteiger partial charge on any atom is 0.414 e. The number of imidazole rings is 1. The minimum Gasteiger partial charge on any atom is -0.465 e. The molecule has 2 heterocycles. The van der Waals surface area contributed by atoms with Crippen molar-refractivity contribution in [2.24, 2.45) is 0 Å². The van der Waals surface area contributed by atoms with Crippen molar-refractivity contribution in [3.05, 3.63) is 87.8 Å². The van der Waals surface area contributed by atoms with Gasteiger partial charge >= 0.3 is 6.09 Å². The van der Waals surface area contributed by atoms with Gasteiger partial charge < -0.3 is 10.1 Å². The highest BCUT2D eigenvalue weighted by Gasteiger charge is 2.18. The van der Waals surface area contributed by atoms with Crippen molar-refractivity contribution in [1.29, 1.82) is 0 Å². The van der Waals surface area contributed by atoms with Gasteiger partial charge in [-0.3, -0.25) is 4.79 Å². The van der Waals surface area contributed by atoms with Crippen LogP contribution >= 0.6 is 0 Å². The molecule has 0 bridgehead atoms. The molecule has 1 amide bonds. The van der Waals surface area contributed by atoms with Gasteiger partial charge in [-0.05, 0) is 42.3 Å². The fourth-order valence-electron chi connectivity index (χ4n) is 4.10. The van der Waals surface area contributed by atoms with Crippen molar-refractivity contribution in [3.8, 4) is 11.1 Å². The van der Waals surface area contributed by atoms with Crippen molar-refractivity contribution in [1.82, 2.24) is 20.2 Å². The molecule has 0 aliphatic heterocycles. The largest absolute Gasteiger partial charge is 0.465 e. The van der Waals surface area contributed by atoms with Gasteiger partial charge in [-0.1, -0.05) is 24.3 Å². The number of hydrogen-bond donors (Lipinski definition) is 3. The minimum absolute atomic E-state index is 0.0386. The second-order valence-corrected chi connectivity index (χ2v) is 7.96. The number of halogens is 2. The van der Waals surface area contributed by atoms with Gasteiger partial charge in [0.1, 0.15) is 11.6 Å². The van der Waals surface area contributed by atoms with E-state index in [2.05, 4.69) is 20.2 Å². The van der Waals surface area contributed by atoms with E-state index in [1.54, 1.807) is 49.4 Å². The Morgan fingerprint density at radius 3 is 2.57 bits per heavy atom. The molecule has 176 valence electrons. The molecule has 0 saturated heterocycles. The lowest BCUT2D eigenvalue weighted by Crippen LogP contribution is -2.29. The van der Waals surface area contributed by atoms with E-state index in [1.807, 2.05) is 0 Å². The number of aromatic amines is 2. The number of H-pyrrole nitrogens is 2. The molecule has 3 N–H and O–H groups in total. The molecule has 8 nitrogen and oxygen atoms in total. The number of nitrogens with one attached hydrogen (secondary N) is 2. The van der Waals surface area contributed by atoms with E-state index in [-0.39, 0.29) is 35.6 Å². The molecule has 0 atom stereocenters. The Morgan fingerprint density at radius 1 is 1.06 bits per heavy atom. The van der Waals surface area contributed by atoms with Crippen LogP contribution < -0.4 is 10.5 Å². The maximum absolute atomic E-state index is 14.8. The summed E-state index contributed by atoms with van der Waals surface area (Å²) in [5.74, 6) is -1.32. The molecule has 0 saturated carbocycles. The van der Waals surface area contributed by atoms with E-state index in [4.69, 9.17) is 0 Å². The predicted octanol–water partition coefficient (Wildman–Crippen LogP) is 4.84. The van der Waals surface area contributed by atoms with Crippen LogP contribution in [-0.4, -0.2) is 37.9 Å². The fraction of sp³-hybridized carbons (Fsp3) is 0.120. The van der Waals surface area contributed by atoms with Crippen molar-refractivity contribution in [3.63, 3.8) is 0 Å². The highest BCUT2D eigenvalue weighted by Crippen LogP contribution is 2.30. The van der Waals surface area contributed by atoms with Crippen molar-refractivity contribution in [2.45, 2.75) is 13.3 Å². The van der Waals surface area contributed by atoms with Crippen LogP contribution in [0.5, 0.6) is 0 Å². The molecule has 0 radical (unpaired) electrons. The van der Waals surface area contributed by atoms with E-state index in [0.717, 1.165) is 11.0 Å². The van der Waals surface area contributed by atoms with E-state index < -0.39 is 17.7 Å². The summed E-state index contributed by atoms with van der Waals surface area (Å²) in [6, 6.07) is 14.0. The molecule has 0 fully saturated rings. The Morgan fingerprint density at radius 2 is 1.83 bits per heavy atom. The smallest absolute Gasteiger partial charge is 0.414 e. The SMILES string of the molecule is CCN(C(=O)O)c1nc2ccc(-c3cc(Cc4n[nH]c(=O)c5ccccc45)c(F)cc3F)cc2[nH]1. The van der Waals surface area contributed by atoms with E-state index in [0.29, 0.717) is 33.1 Å². The molecule has 0 spiro atoms. The Hall–Kier alpha value is -4.60. The quantitative estimate of drug-likeness (QED) is 0.337. The van der Waals surface area contributed by atoms with E-state index >= 15 is 0 Å². The highest BCUT2D eigenvalue weighted by atomic mass is 19.1. The van der Waals surface area contributed by atoms with Crippen LogP contribution in [-0.2, 0) is 6.42 Å². The molecule has 35 heavy (non-hydrogen) atoms. The zero-order valence-electron chi connectivity index (χ0n) is 18.5. The Labute approximate surface area is 196 Å². The molecule has 10 heteroatoms. The van der Waals surface area contributed by atoms with Gasteiger partial charge in [0.2, 0.25) is 5.95 Å². The second-order valence-electron chi connectivity index (χ2n) is 7.96. The number of nitrogens with zero attached hydrogens (tertiary/aromatic N) is 3. The molecule has 5 aromatic rings. The number of carbonyl (C=O) groups is 1. The summed E-state index contributed by atoms with van der Waals surface area (Å²) < 4.78 is 29.6. The molecule has 0 unspecified atom stereocenters. The zero-order chi connectivity index (χ0) is 24.7. The van der Waals surface area contributed by atoms with Crippen LogP contribution in [0.15, 0.2) is 59.4 Å². The summed E-state index contributed by atoms with van der Waals surface area (Å²) in [6.07, 6.45) is -1.11. The second kappa shape index (κ2) is 8.64. The lowest BCUT2D eigenvalue weighted by atomic mass is 9.98. The average molecular weight is 475 g/mol. The van der Waals surface area contributed by atoms with Gasteiger partial charge in [-0.2, -0.15) is 5.10 Å². The zero-order valence-corrected chi connectivity index (χ0v) is 18.5. The van der Waals surface area contributed by atoms with Gasteiger partial charge in [0, 0.05) is 30.0 Å². The summed E-state index contributed by atoms with van der Waals surface area (Å²) in [6.45, 7) is 1.88. The number of carboxylic acid groups (broad SMARTS) is 1. The number of benzene rings is 3. The van der Waals surface area contributed by atoms with Crippen LogP contribution in [0.25, 0.3) is 32.9 Å². The molecule has 0 aliphatic rings. The normalized spacial score (nSPS) is 11.3. The maximum atomic E-state index is 14.8. The average Bonchev–Trinajstić information content (AvgIpc) is 3.25. The first-order valence-electron chi connectivity index (χ1n) is 10.8. The molecular weight excluding hydrogens is 456 g/mol. The summed E-state index contributed by atoms with van der Waals surface area (Å²) in [5.41, 5.74) is 1.97. The van der Waals surface area contributed by atoms with Gasteiger partial charge in [0.05, 0.1) is 22.1 Å². The Balaban J connectivity index is 1.56. The van der Waals surface area contributed by atoms with Crippen LogP contribution in [0, 0.1) is 11.6 Å². The molecule has 3 aromatic carbocycles. The predicted molar refractivity (Wildman–Crippen MR) is 128 cm³/mol. The number of anilines is 1. The summed E-state index contributed by atoms with van der Waals surface area (Å²) in [7, 11) is 0. The minimum atomic E-state index is -1.15. The van der Waals surface area contributed by atoms with E-state index in [9.17, 15) is 23.5 Å². The first-order valence-corrected chi connectivity index (χ1v) is 10.8. The van der Waals surface area contributed by atoms with Crippen molar-refractivity contribution < 1.29 is 18.7 Å². The number of rotatable bonds is 5. The number of fused-ring (bicyclic) bond motifs is 2. The first kappa shape index (κ1) is 22.2. The third-order valence-electron chi connectivity index (χ3n) is 5.85. The third-order valence-corrected chi connectivity index (χ3v) is 5.85. The summed E-state index contributed by atoms with van der Waals surface area (Å²) >= 11 is 0. The number of aromatic nitrogens is 4. The molecular formula is C25H19F2N5O3. The Kier molecular flexibility index (Phi) is 5.48. The number of amides is 1. The molecule has 2 aromatic heterocycles. The summed E-state index contributed by atoms with van der Waals surface area (Å²) in [5, 5.41) is 16.9. The van der Waals surface area contributed by atoms with Crippen LogP contribution in [0.2, 0.25) is 0 Å². The highest BCUT2D eigenvalue weighted by molar-refractivity contribution is 5.89. The van der Waals surface area contributed by atoms with Crippen LogP contribution in [0.3, 0.4) is 0 Å². The Bertz CT molecular complexity index is 1660. The lowest BCUT2D eigenvalue weighted by molar-refractivity contribution is 0.202. The van der Waals surface area contributed by atoms with Gasteiger partial charge in [0.15, 0.2) is 0 Å². The van der Waals surface area contributed by atoms with Gasteiger partial charge in [0.25, 0.3) is 5.56 Å². The third kappa shape index (κ3) is 3.99. The van der Waals surface area contributed by atoms with Crippen LogP contribution in [0.4, 0.5) is 19.5 Å². The van der Waals surface area contributed by atoms with Gasteiger partial charge in [-0.25, -0.2) is 28.6 Å². The monoisotopic (exact) mass is 475 g/mol.